The Morgan fingerprint density at radius 3 is 2.53 bits per heavy atom. The van der Waals surface area contributed by atoms with E-state index in [0.29, 0.717) is 19.4 Å². The third kappa shape index (κ3) is 2.84. The first kappa shape index (κ1) is 14.5. The molecule has 5 heteroatoms. The van der Waals surface area contributed by atoms with Gasteiger partial charge in [-0.05, 0) is 26.7 Å². The number of amides is 2. The van der Waals surface area contributed by atoms with E-state index in [1.165, 1.54) is 9.80 Å². The molecule has 0 aromatic carbocycles. The number of carbonyl (C=O) groups excluding carboxylic acids is 2. The average Bonchev–Trinajstić information content (AvgIpc) is 2.64. The molecule has 2 rings (SSSR count). The molecule has 1 aliphatic heterocycles. The van der Waals surface area contributed by atoms with Crippen molar-refractivity contribution in [3.8, 4) is 0 Å². The molecular formula is C14H22ClN2O2+. The quantitative estimate of drug-likeness (QED) is 0.745. The second kappa shape index (κ2) is 6.06. The number of fused-ring (bicyclic) bond motifs is 1. The Hall–Kier alpha value is -0.870. The van der Waals surface area contributed by atoms with Crippen LogP contribution in [0.25, 0.3) is 0 Å². The largest absolute Gasteiger partial charge is 0.334 e. The first-order valence-electron chi connectivity index (χ1n) is 7.11. The summed E-state index contributed by atoms with van der Waals surface area (Å²) in [7, 11) is 0. The maximum Gasteiger partial charge on any atom is 0.233 e. The van der Waals surface area contributed by atoms with Gasteiger partial charge in [-0.15, -0.1) is 0 Å². The van der Waals surface area contributed by atoms with Crippen LogP contribution in [0.5, 0.6) is 0 Å². The number of halogens is 1. The minimum absolute atomic E-state index is 0.00183. The standard InChI is InChI=1S/C14H21ClN2O2/c1-3-16(4-2)7-8-17-13(18)11-6-5-10(15)9-12(11)14(17)19/h5,11-12H,3-4,6-9H2,1-2H3/p+1/t11-,12+/m1/s1. The van der Waals surface area contributed by atoms with Crippen LogP contribution in [0.3, 0.4) is 0 Å². The Balaban J connectivity index is 2.00. The van der Waals surface area contributed by atoms with Crippen molar-refractivity contribution in [3.63, 3.8) is 0 Å². The maximum atomic E-state index is 12.3. The Labute approximate surface area is 119 Å². The zero-order valence-electron chi connectivity index (χ0n) is 11.6. The number of allylic oxidation sites excluding steroid dienone is 2. The van der Waals surface area contributed by atoms with Crippen molar-refractivity contribution in [3.05, 3.63) is 11.1 Å². The average molecular weight is 286 g/mol. The van der Waals surface area contributed by atoms with E-state index in [1.807, 2.05) is 6.08 Å². The summed E-state index contributed by atoms with van der Waals surface area (Å²) in [4.78, 5) is 27.4. The summed E-state index contributed by atoms with van der Waals surface area (Å²) in [6.07, 6.45) is 3.03. The van der Waals surface area contributed by atoms with E-state index in [-0.39, 0.29) is 23.7 Å². The van der Waals surface area contributed by atoms with Gasteiger partial charge in [0.1, 0.15) is 0 Å². The van der Waals surface area contributed by atoms with Crippen LogP contribution in [0.4, 0.5) is 0 Å². The predicted octanol–water partition coefficient (Wildman–Crippen LogP) is 0.429. The molecule has 1 fully saturated rings. The van der Waals surface area contributed by atoms with Gasteiger partial charge in [0.05, 0.1) is 38.0 Å². The fourth-order valence-electron chi connectivity index (χ4n) is 2.99. The van der Waals surface area contributed by atoms with Gasteiger partial charge in [-0.1, -0.05) is 17.7 Å². The fraction of sp³-hybridized carbons (Fsp3) is 0.714. The number of hydrogen-bond donors (Lipinski definition) is 1. The number of likely N-dealkylation sites (tertiary alicyclic amines) is 1. The van der Waals surface area contributed by atoms with Crippen molar-refractivity contribution in [2.24, 2.45) is 11.8 Å². The maximum absolute atomic E-state index is 12.3. The molecule has 4 nitrogen and oxygen atoms in total. The first-order valence-corrected chi connectivity index (χ1v) is 7.49. The topological polar surface area (TPSA) is 41.8 Å². The van der Waals surface area contributed by atoms with Gasteiger partial charge in [0, 0.05) is 5.03 Å². The lowest BCUT2D eigenvalue weighted by molar-refractivity contribution is -0.895. The van der Waals surface area contributed by atoms with E-state index < -0.39 is 0 Å². The Morgan fingerprint density at radius 2 is 1.89 bits per heavy atom. The van der Waals surface area contributed by atoms with Crippen LogP contribution in [-0.4, -0.2) is 42.9 Å². The third-order valence-electron chi connectivity index (χ3n) is 4.35. The van der Waals surface area contributed by atoms with E-state index in [4.69, 9.17) is 11.6 Å². The molecule has 0 unspecified atom stereocenters. The summed E-state index contributed by atoms with van der Waals surface area (Å²) >= 11 is 5.99. The number of nitrogens with zero attached hydrogens (tertiary/aromatic N) is 1. The molecule has 2 aliphatic rings. The van der Waals surface area contributed by atoms with Crippen molar-refractivity contribution < 1.29 is 14.5 Å². The van der Waals surface area contributed by atoms with Crippen LogP contribution in [0, 0.1) is 11.8 Å². The van der Waals surface area contributed by atoms with E-state index in [2.05, 4.69) is 13.8 Å². The highest BCUT2D eigenvalue weighted by molar-refractivity contribution is 6.30. The number of rotatable bonds is 5. The van der Waals surface area contributed by atoms with Crippen molar-refractivity contribution >= 4 is 23.4 Å². The van der Waals surface area contributed by atoms with Gasteiger partial charge in [-0.2, -0.15) is 0 Å². The lowest BCUT2D eigenvalue weighted by atomic mass is 9.85. The highest BCUT2D eigenvalue weighted by Crippen LogP contribution is 2.38. The van der Waals surface area contributed by atoms with Gasteiger partial charge >= 0.3 is 0 Å². The molecule has 1 aliphatic carbocycles. The Kier molecular flexibility index (Phi) is 4.63. The van der Waals surface area contributed by atoms with E-state index >= 15 is 0 Å². The first-order chi connectivity index (χ1) is 9.08. The number of nitrogens with one attached hydrogen (secondary N) is 1. The predicted molar refractivity (Wildman–Crippen MR) is 73.8 cm³/mol. The lowest BCUT2D eigenvalue weighted by Crippen LogP contribution is -3.12. The third-order valence-corrected chi connectivity index (χ3v) is 4.66. The van der Waals surface area contributed by atoms with Gasteiger partial charge in [-0.25, -0.2) is 0 Å². The van der Waals surface area contributed by atoms with Crippen LogP contribution in [0.15, 0.2) is 11.1 Å². The highest BCUT2D eigenvalue weighted by Gasteiger charge is 2.48. The molecule has 0 spiro atoms. The normalized spacial score (nSPS) is 26.9. The zero-order chi connectivity index (χ0) is 14.0. The van der Waals surface area contributed by atoms with Crippen LogP contribution >= 0.6 is 11.6 Å². The molecule has 1 saturated heterocycles. The lowest BCUT2D eigenvalue weighted by Gasteiger charge is -2.19. The van der Waals surface area contributed by atoms with Crippen LogP contribution < -0.4 is 4.90 Å². The van der Waals surface area contributed by atoms with Gasteiger partial charge in [-0.3, -0.25) is 14.5 Å². The minimum Gasteiger partial charge on any atom is -0.334 e. The van der Waals surface area contributed by atoms with Crippen molar-refractivity contribution in [2.75, 3.05) is 26.2 Å². The van der Waals surface area contributed by atoms with E-state index in [1.54, 1.807) is 0 Å². The summed E-state index contributed by atoms with van der Waals surface area (Å²) in [5.74, 6) is -0.395. The fourth-order valence-corrected chi connectivity index (χ4v) is 3.25. The molecule has 0 aromatic heterocycles. The Morgan fingerprint density at radius 1 is 1.26 bits per heavy atom. The van der Waals surface area contributed by atoms with Crippen LogP contribution in [0.1, 0.15) is 26.7 Å². The van der Waals surface area contributed by atoms with E-state index in [9.17, 15) is 9.59 Å². The number of quaternary nitrogens is 1. The highest BCUT2D eigenvalue weighted by atomic mass is 35.5. The molecule has 2 atom stereocenters. The van der Waals surface area contributed by atoms with Crippen molar-refractivity contribution in [2.45, 2.75) is 26.7 Å². The van der Waals surface area contributed by atoms with Gasteiger partial charge in [0.15, 0.2) is 0 Å². The molecule has 1 N–H and O–H groups in total. The van der Waals surface area contributed by atoms with Gasteiger partial charge in [0.2, 0.25) is 11.8 Å². The van der Waals surface area contributed by atoms with E-state index in [0.717, 1.165) is 24.7 Å². The number of carbonyl (C=O) groups is 2. The number of likely N-dealkylation sites (N-methyl/N-ethyl adjacent to an activating group) is 1. The van der Waals surface area contributed by atoms with Crippen LogP contribution in [-0.2, 0) is 9.59 Å². The second-order valence-corrected chi connectivity index (χ2v) is 5.82. The molecule has 1 heterocycles. The van der Waals surface area contributed by atoms with Crippen LogP contribution in [0.2, 0.25) is 0 Å². The Bertz CT molecular complexity index is 404. The van der Waals surface area contributed by atoms with Gasteiger partial charge in [0.25, 0.3) is 0 Å². The molecule has 106 valence electrons. The molecule has 0 aromatic rings. The number of hydrogen-bond acceptors (Lipinski definition) is 2. The summed E-state index contributed by atoms with van der Waals surface area (Å²) in [5.41, 5.74) is 0. The second-order valence-electron chi connectivity index (χ2n) is 5.34. The van der Waals surface area contributed by atoms with Crippen molar-refractivity contribution in [1.82, 2.24) is 4.90 Å². The minimum atomic E-state index is -0.211. The monoisotopic (exact) mass is 285 g/mol. The molecule has 19 heavy (non-hydrogen) atoms. The molecule has 0 bridgehead atoms. The SMILES string of the molecule is CC[NH+](CC)CCN1C(=O)[C@H]2CC(Cl)=CC[C@H]2C1=O. The molecule has 0 radical (unpaired) electrons. The summed E-state index contributed by atoms with van der Waals surface area (Å²) < 4.78 is 0. The summed E-state index contributed by atoms with van der Waals surface area (Å²) in [6.45, 7) is 7.66. The smallest absolute Gasteiger partial charge is 0.233 e. The molecule has 2 amide bonds. The number of imide groups is 1. The van der Waals surface area contributed by atoms with Gasteiger partial charge < -0.3 is 4.90 Å². The van der Waals surface area contributed by atoms with Crippen molar-refractivity contribution in [1.29, 1.82) is 0 Å². The molecule has 0 saturated carbocycles. The zero-order valence-corrected chi connectivity index (χ0v) is 12.4. The molecular weight excluding hydrogens is 264 g/mol. The summed E-state index contributed by atoms with van der Waals surface area (Å²) in [6, 6.07) is 0. The summed E-state index contributed by atoms with van der Waals surface area (Å²) in [5, 5.41) is 0.721.